The first-order valence-corrected chi connectivity index (χ1v) is 8.64. The third kappa shape index (κ3) is 2.98. The number of nitrogens with zero attached hydrogens (tertiary/aromatic N) is 2. The molecule has 1 aromatic carbocycles. The van der Waals surface area contributed by atoms with Gasteiger partial charge in [-0.05, 0) is 41.3 Å². The van der Waals surface area contributed by atoms with E-state index in [4.69, 9.17) is 0 Å². The van der Waals surface area contributed by atoms with Crippen LogP contribution in [0.2, 0.25) is 0 Å². The first-order valence-electron chi connectivity index (χ1n) is 7.76. The third-order valence-electron chi connectivity index (χ3n) is 4.03. The van der Waals surface area contributed by atoms with E-state index >= 15 is 0 Å². The monoisotopic (exact) mass is 335 g/mol. The smallest absolute Gasteiger partial charge is 0.115 e. The molecule has 3 aromatic rings. The summed E-state index contributed by atoms with van der Waals surface area (Å²) in [5.41, 5.74) is 4.58. The van der Waals surface area contributed by atoms with Gasteiger partial charge in [0.25, 0.3) is 0 Å². The van der Waals surface area contributed by atoms with Gasteiger partial charge in [-0.15, -0.1) is 11.3 Å². The summed E-state index contributed by atoms with van der Waals surface area (Å²) in [6.07, 6.45) is 5.82. The van der Waals surface area contributed by atoms with Crippen molar-refractivity contribution in [3.8, 4) is 5.75 Å². The second kappa shape index (κ2) is 6.37. The van der Waals surface area contributed by atoms with Crippen LogP contribution >= 0.6 is 11.3 Å². The molecule has 0 aliphatic carbocycles. The summed E-state index contributed by atoms with van der Waals surface area (Å²) in [5, 5.41) is 15.0. The van der Waals surface area contributed by atoms with Crippen molar-refractivity contribution in [3.63, 3.8) is 0 Å². The SMILES string of the molecule is Oc1ccc(CNC2=CN(c3cccnc3)Cc3sccc32)cc1. The number of phenols is 1. The molecule has 24 heavy (non-hydrogen) atoms. The van der Waals surface area contributed by atoms with Gasteiger partial charge in [0.2, 0.25) is 0 Å². The summed E-state index contributed by atoms with van der Waals surface area (Å²) in [6.45, 7) is 1.57. The molecule has 0 radical (unpaired) electrons. The number of phenolic OH excluding ortho intramolecular Hbond substituents is 1. The van der Waals surface area contributed by atoms with Crippen LogP contribution in [0.3, 0.4) is 0 Å². The number of anilines is 1. The molecule has 4 nitrogen and oxygen atoms in total. The molecule has 1 aliphatic heterocycles. The standard InChI is InChI=1S/C19H17N3OS/c23-16-5-3-14(4-6-16)10-21-18-12-22(15-2-1-8-20-11-15)13-19-17(18)7-9-24-19/h1-9,11-12,21,23H,10,13H2. The molecule has 2 N–H and O–H groups in total. The number of rotatable bonds is 4. The van der Waals surface area contributed by atoms with Gasteiger partial charge in [-0.2, -0.15) is 0 Å². The van der Waals surface area contributed by atoms with Crippen LogP contribution in [0.5, 0.6) is 5.75 Å². The maximum Gasteiger partial charge on any atom is 0.115 e. The Bertz CT molecular complexity index is 856. The third-order valence-corrected chi connectivity index (χ3v) is 4.94. The minimum Gasteiger partial charge on any atom is -0.508 e. The van der Waals surface area contributed by atoms with Gasteiger partial charge in [0.1, 0.15) is 5.75 Å². The minimum atomic E-state index is 0.290. The number of pyridine rings is 1. The zero-order chi connectivity index (χ0) is 16.4. The predicted molar refractivity (Wildman–Crippen MR) is 97.7 cm³/mol. The molecular formula is C19H17N3OS. The maximum atomic E-state index is 9.39. The normalized spacial score (nSPS) is 13.3. The van der Waals surface area contributed by atoms with Crippen LogP contribution < -0.4 is 10.2 Å². The molecule has 0 spiro atoms. The predicted octanol–water partition coefficient (Wildman–Crippen LogP) is 3.96. The lowest BCUT2D eigenvalue weighted by Gasteiger charge is -2.27. The largest absolute Gasteiger partial charge is 0.508 e. The molecule has 0 saturated carbocycles. The van der Waals surface area contributed by atoms with Gasteiger partial charge in [-0.3, -0.25) is 4.98 Å². The van der Waals surface area contributed by atoms with Crippen LogP contribution in [-0.2, 0) is 13.1 Å². The highest BCUT2D eigenvalue weighted by atomic mass is 32.1. The van der Waals surface area contributed by atoms with Gasteiger partial charge in [-0.1, -0.05) is 12.1 Å². The Morgan fingerprint density at radius 1 is 1.17 bits per heavy atom. The molecule has 0 bridgehead atoms. The number of thiophene rings is 1. The molecule has 5 heteroatoms. The number of fused-ring (bicyclic) bond motifs is 1. The summed E-state index contributed by atoms with van der Waals surface area (Å²) >= 11 is 1.78. The molecule has 0 unspecified atom stereocenters. The number of hydrogen-bond donors (Lipinski definition) is 2. The van der Waals surface area contributed by atoms with Crippen LogP contribution in [0.4, 0.5) is 5.69 Å². The maximum absolute atomic E-state index is 9.39. The van der Waals surface area contributed by atoms with Crippen molar-refractivity contribution in [2.24, 2.45) is 0 Å². The van der Waals surface area contributed by atoms with Crippen molar-refractivity contribution in [3.05, 3.63) is 82.4 Å². The Labute approximate surface area is 144 Å². The van der Waals surface area contributed by atoms with Gasteiger partial charge in [0, 0.05) is 29.4 Å². The highest BCUT2D eigenvalue weighted by Crippen LogP contribution is 2.32. The number of hydrogen-bond acceptors (Lipinski definition) is 5. The van der Waals surface area contributed by atoms with Crippen molar-refractivity contribution < 1.29 is 5.11 Å². The highest BCUT2D eigenvalue weighted by Gasteiger charge is 2.19. The molecule has 2 aromatic heterocycles. The second-order valence-electron chi connectivity index (χ2n) is 5.66. The van der Waals surface area contributed by atoms with E-state index in [9.17, 15) is 5.11 Å². The second-order valence-corrected chi connectivity index (χ2v) is 6.66. The Kier molecular flexibility index (Phi) is 3.92. The van der Waals surface area contributed by atoms with Gasteiger partial charge in [-0.25, -0.2) is 0 Å². The van der Waals surface area contributed by atoms with E-state index in [0.717, 1.165) is 23.5 Å². The molecule has 0 amide bonds. The van der Waals surface area contributed by atoms with Crippen molar-refractivity contribution in [2.45, 2.75) is 13.1 Å². The number of nitrogens with one attached hydrogen (secondary N) is 1. The van der Waals surface area contributed by atoms with Gasteiger partial charge in [0.05, 0.1) is 24.1 Å². The van der Waals surface area contributed by atoms with Crippen LogP contribution in [0.25, 0.3) is 5.70 Å². The molecule has 4 rings (SSSR count). The zero-order valence-corrected chi connectivity index (χ0v) is 13.8. The first-order chi connectivity index (χ1) is 11.8. The van der Waals surface area contributed by atoms with Crippen LogP contribution in [-0.4, -0.2) is 10.1 Å². The van der Waals surface area contributed by atoms with E-state index < -0.39 is 0 Å². The van der Waals surface area contributed by atoms with E-state index in [0.29, 0.717) is 12.3 Å². The number of aromatic nitrogens is 1. The van der Waals surface area contributed by atoms with Crippen LogP contribution in [0.15, 0.2) is 66.4 Å². The molecule has 0 fully saturated rings. The average molecular weight is 335 g/mol. The number of benzene rings is 1. The Morgan fingerprint density at radius 3 is 2.83 bits per heavy atom. The molecular weight excluding hydrogens is 318 g/mol. The summed E-state index contributed by atoms with van der Waals surface area (Å²) in [6, 6.07) is 13.5. The summed E-state index contributed by atoms with van der Waals surface area (Å²) in [4.78, 5) is 7.77. The fourth-order valence-corrected chi connectivity index (χ4v) is 3.66. The lowest BCUT2D eigenvalue weighted by molar-refractivity contribution is 0.475. The van der Waals surface area contributed by atoms with E-state index in [-0.39, 0.29) is 0 Å². The molecule has 0 atom stereocenters. The summed E-state index contributed by atoms with van der Waals surface area (Å²) < 4.78 is 0. The van der Waals surface area contributed by atoms with E-state index in [1.54, 1.807) is 29.7 Å². The topological polar surface area (TPSA) is 48.4 Å². The minimum absolute atomic E-state index is 0.290. The van der Waals surface area contributed by atoms with E-state index in [1.165, 1.54) is 10.4 Å². The van der Waals surface area contributed by atoms with Gasteiger partial charge in [0.15, 0.2) is 0 Å². The van der Waals surface area contributed by atoms with Crippen molar-refractivity contribution >= 4 is 22.7 Å². The Balaban J connectivity index is 1.59. The average Bonchev–Trinajstić information content (AvgIpc) is 3.10. The Hall–Kier alpha value is -2.79. The quantitative estimate of drug-likeness (QED) is 0.758. The lowest BCUT2D eigenvalue weighted by atomic mass is 10.1. The molecule has 1 aliphatic rings. The molecule has 3 heterocycles. The number of aromatic hydroxyl groups is 1. The zero-order valence-electron chi connectivity index (χ0n) is 13.0. The van der Waals surface area contributed by atoms with Crippen LogP contribution in [0.1, 0.15) is 16.0 Å². The summed E-state index contributed by atoms with van der Waals surface area (Å²) in [7, 11) is 0. The van der Waals surface area contributed by atoms with Crippen molar-refractivity contribution in [1.29, 1.82) is 0 Å². The fourth-order valence-electron chi connectivity index (χ4n) is 2.77. The van der Waals surface area contributed by atoms with E-state index in [1.807, 2.05) is 24.4 Å². The summed E-state index contributed by atoms with van der Waals surface area (Å²) in [5.74, 6) is 0.290. The highest BCUT2D eigenvalue weighted by molar-refractivity contribution is 7.10. The van der Waals surface area contributed by atoms with Gasteiger partial charge < -0.3 is 15.3 Å². The van der Waals surface area contributed by atoms with E-state index in [2.05, 4.69) is 38.9 Å². The lowest BCUT2D eigenvalue weighted by Crippen LogP contribution is -2.24. The van der Waals surface area contributed by atoms with Crippen molar-refractivity contribution in [2.75, 3.05) is 4.90 Å². The molecule has 0 saturated heterocycles. The van der Waals surface area contributed by atoms with Crippen molar-refractivity contribution in [1.82, 2.24) is 10.3 Å². The molecule has 120 valence electrons. The van der Waals surface area contributed by atoms with Crippen LogP contribution in [0, 0.1) is 0 Å². The first kappa shape index (κ1) is 14.8. The van der Waals surface area contributed by atoms with Gasteiger partial charge >= 0.3 is 0 Å². The Morgan fingerprint density at radius 2 is 2.04 bits per heavy atom. The fraction of sp³-hybridized carbons (Fsp3) is 0.105.